The van der Waals surface area contributed by atoms with E-state index < -0.39 is 24.4 Å². The van der Waals surface area contributed by atoms with E-state index in [1.54, 1.807) is 25.1 Å². The zero-order valence-electron chi connectivity index (χ0n) is 18.1. The van der Waals surface area contributed by atoms with Crippen LogP contribution < -0.4 is 5.46 Å². The molecular weight excluding hydrogens is 504 g/mol. The van der Waals surface area contributed by atoms with E-state index in [4.69, 9.17) is 9.31 Å². The number of carbonyl (C=O) groups excluding carboxylic acids is 2. The number of halogens is 1. The van der Waals surface area contributed by atoms with Crippen LogP contribution in [0.15, 0.2) is 53.1 Å². The van der Waals surface area contributed by atoms with Gasteiger partial charge < -0.3 is 9.31 Å². The van der Waals surface area contributed by atoms with Gasteiger partial charge >= 0.3 is 7.12 Å². The van der Waals surface area contributed by atoms with Gasteiger partial charge in [-0.15, -0.1) is 6.58 Å². The van der Waals surface area contributed by atoms with E-state index in [0.717, 1.165) is 10.8 Å². The summed E-state index contributed by atoms with van der Waals surface area (Å²) in [5.74, 6) is -0.614. The van der Waals surface area contributed by atoms with Crippen LogP contribution in [0.2, 0.25) is 0 Å². The lowest BCUT2D eigenvalue weighted by molar-refractivity contribution is -0.00669. The summed E-state index contributed by atoms with van der Waals surface area (Å²) in [6, 6.07) is 8.80. The maximum Gasteiger partial charge on any atom is 0.495 e. The van der Waals surface area contributed by atoms with E-state index >= 15 is 0 Å². The smallest absolute Gasteiger partial charge is 0.399 e. The fourth-order valence-corrected chi connectivity index (χ4v) is 4.56. The highest BCUT2D eigenvalue weighted by Gasteiger charge is 2.54. The lowest BCUT2D eigenvalue weighted by atomic mass is 9.74. The van der Waals surface area contributed by atoms with Crippen LogP contribution in [0.3, 0.4) is 0 Å². The van der Waals surface area contributed by atoms with Crippen LogP contribution >= 0.6 is 22.6 Å². The third kappa shape index (κ3) is 3.38. The van der Waals surface area contributed by atoms with Crippen molar-refractivity contribution >= 4 is 57.8 Å². The van der Waals surface area contributed by atoms with Gasteiger partial charge in [0.05, 0.1) is 17.2 Å². The summed E-state index contributed by atoms with van der Waals surface area (Å²) in [6.07, 6.45) is 4.38. The van der Waals surface area contributed by atoms with E-state index in [-0.39, 0.29) is 11.8 Å². The minimum atomic E-state index is -0.595. The largest absolute Gasteiger partial charge is 0.495 e. The fourth-order valence-electron chi connectivity index (χ4n) is 4.30. The van der Waals surface area contributed by atoms with Gasteiger partial charge in [0, 0.05) is 16.5 Å². The number of hydrogen-bond donors (Lipinski definition) is 0. The molecule has 0 spiro atoms. The summed E-state index contributed by atoms with van der Waals surface area (Å²) in [5.41, 5.74) is 0.809. The second-order valence-corrected chi connectivity index (χ2v) is 9.48. The molecule has 0 radical (unpaired) electrons. The first-order valence-corrected chi connectivity index (χ1v) is 11.6. The highest BCUT2D eigenvalue weighted by molar-refractivity contribution is 14.1. The summed E-state index contributed by atoms with van der Waals surface area (Å²) in [7, 11) is -0.595. The topological polar surface area (TPSA) is 55.8 Å². The quantitative estimate of drug-likeness (QED) is 0.246. The Morgan fingerprint density at radius 3 is 2.45 bits per heavy atom. The van der Waals surface area contributed by atoms with Crippen LogP contribution in [-0.4, -0.2) is 41.1 Å². The third-order valence-corrected chi connectivity index (χ3v) is 7.12. The van der Waals surface area contributed by atoms with E-state index in [2.05, 4.69) is 42.2 Å². The van der Waals surface area contributed by atoms with Crippen LogP contribution in [0.1, 0.15) is 54.8 Å². The SMILES string of the molecule is C=CC(C)N1C(=O)c2cccc3c(B4OC(C)(C)C(C)(C/C=C/I)O4)ccc(c23)C1=O. The number of nitrogens with zero attached hydrogens (tertiary/aromatic N) is 1. The summed E-state index contributed by atoms with van der Waals surface area (Å²) in [4.78, 5) is 27.6. The van der Waals surface area contributed by atoms with Crippen LogP contribution in [-0.2, 0) is 9.31 Å². The zero-order valence-corrected chi connectivity index (χ0v) is 20.3. The Bertz CT molecular complexity index is 1110. The Hall–Kier alpha value is -1.97. The Labute approximate surface area is 196 Å². The molecule has 0 aliphatic carbocycles. The van der Waals surface area contributed by atoms with Crippen molar-refractivity contribution in [2.75, 3.05) is 0 Å². The van der Waals surface area contributed by atoms with Crippen molar-refractivity contribution in [3.05, 3.63) is 64.3 Å². The molecule has 160 valence electrons. The van der Waals surface area contributed by atoms with E-state index in [9.17, 15) is 9.59 Å². The minimum Gasteiger partial charge on any atom is -0.399 e. The molecule has 0 bridgehead atoms. The highest BCUT2D eigenvalue weighted by atomic mass is 127. The molecule has 0 saturated carbocycles. The fraction of sp³-hybridized carbons (Fsp3) is 0.333. The first-order chi connectivity index (χ1) is 14.6. The Kier molecular flexibility index (Phi) is 5.64. The summed E-state index contributed by atoms with van der Waals surface area (Å²) in [5, 5.41) is 1.46. The van der Waals surface area contributed by atoms with Crippen LogP contribution in [0.5, 0.6) is 0 Å². The number of benzene rings is 2. The summed E-state index contributed by atoms with van der Waals surface area (Å²) < 4.78 is 14.8. The van der Waals surface area contributed by atoms with Gasteiger partial charge in [0.15, 0.2) is 0 Å². The highest BCUT2D eigenvalue weighted by Crippen LogP contribution is 2.41. The van der Waals surface area contributed by atoms with Crippen molar-refractivity contribution < 1.29 is 18.9 Å². The van der Waals surface area contributed by atoms with Crippen molar-refractivity contribution in [3.63, 3.8) is 0 Å². The monoisotopic (exact) mass is 529 g/mol. The van der Waals surface area contributed by atoms with Crippen LogP contribution in [0, 0.1) is 0 Å². The molecule has 2 aliphatic heterocycles. The van der Waals surface area contributed by atoms with Crippen molar-refractivity contribution in [1.29, 1.82) is 0 Å². The number of hydrogen-bond acceptors (Lipinski definition) is 4. The molecule has 2 heterocycles. The number of carbonyl (C=O) groups is 2. The normalized spacial score (nSPS) is 23.8. The van der Waals surface area contributed by atoms with Crippen molar-refractivity contribution in [2.45, 2.75) is 51.4 Å². The van der Waals surface area contributed by atoms with Gasteiger partial charge in [0.1, 0.15) is 0 Å². The molecular formula is C24H25BINO4. The van der Waals surface area contributed by atoms with Gasteiger partial charge in [-0.05, 0) is 61.2 Å². The van der Waals surface area contributed by atoms with E-state index in [1.807, 2.05) is 36.1 Å². The van der Waals surface area contributed by atoms with Crippen molar-refractivity contribution in [3.8, 4) is 0 Å². The lowest BCUT2D eigenvalue weighted by Crippen LogP contribution is -2.45. The Morgan fingerprint density at radius 1 is 1.13 bits per heavy atom. The lowest BCUT2D eigenvalue weighted by Gasteiger charge is -2.35. The molecule has 2 unspecified atom stereocenters. The predicted molar refractivity (Wildman–Crippen MR) is 132 cm³/mol. The molecule has 1 saturated heterocycles. The predicted octanol–water partition coefficient (Wildman–Crippen LogP) is 4.63. The number of rotatable bonds is 5. The molecule has 2 aliphatic rings. The first kappa shape index (κ1) is 22.2. The second-order valence-electron chi connectivity index (χ2n) is 8.76. The third-order valence-electron chi connectivity index (χ3n) is 6.61. The van der Waals surface area contributed by atoms with E-state index in [0.29, 0.717) is 22.9 Å². The molecule has 2 amide bonds. The standard InChI is InChI=1S/C24H25BINO4/c1-6-15(2)27-21(28)17-10-7-9-16-19(12-11-18(20(16)17)22(27)29)25-30-23(3,4)24(5,31-25)13-8-14-26/h6-12,14-15H,1,13H2,2-5H3/b14-8+. The molecule has 31 heavy (non-hydrogen) atoms. The number of amides is 2. The second kappa shape index (κ2) is 7.87. The molecule has 4 rings (SSSR count). The first-order valence-electron chi connectivity index (χ1n) is 10.3. The Morgan fingerprint density at radius 2 is 1.81 bits per heavy atom. The Balaban J connectivity index is 1.83. The van der Waals surface area contributed by atoms with Gasteiger partial charge in [-0.2, -0.15) is 0 Å². The van der Waals surface area contributed by atoms with Crippen molar-refractivity contribution in [1.82, 2.24) is 4.90 Å². The minimum absolute atomic E-state index is 0.307. The molecule has 0 N–H and O–H groups in total. The molecule has 2 aromatic rings. The van der Waals surface area contributed by atoms with Gasteiger partial charge in [0.2, 0.25) is 0 Å². The molecule has 5 nitrogen and oxygen atoms in total. The van der Waals surface area contributed by atoms with Gasteiger partial charge in [-0.3, -0.25) is 14.5 Å². The van der Waals surface area contributed by atoms with E-state index in [1.165, 1.54) is 4.90 Å². The summed E-state index contributed by atoms with van der Waals surface area (Å²) >= 11 is 2.20. The molecule has 0 aromatic heterocycles. The molecule has 7 heteroatoms. The van der Waals surface area contributed by atoms with Crippen LogP contribution in [0.4, 0.5) is 0 Å². The van der Waals surface area contributed by atoms with Gasteiger partial charge in [-0.1, -0.05) is 52.9 Å². The van der Waals surface area contributed by atoms with Gasteiger partial charge in [0.25, 0.3) is 11.8 Å². The summed E-state index contributed by atoms with van der Waals surface area (Å²) in [6.45, 7) is 11.6. The zero-order chi connectivity index (χ0) is 22.6. The molecule has 1 fully saturated rings. The maximum atomic E-state index is 13.2. The molecule has 2 aromatic carbocycles. The van der Waals surface area contributed by atoms with Crippen molar-refractivity contribution in [2.24, 2.45) is 0 Å². The maximum absolute atomic E-state index is 13.2. The average Bonchev–Trinajstić information content (AvgIpc) is 2.98. The average molecular weight is 529 g/mol. The number of imide groups is 1. The van der Waals surface area contributed by atoms with Gasteiger partial charge in [-0.25, -0.2) is 0 Å². The molecule has 2 atom stereocenters. The van der Waals surface area contributed by atoms with Crippen LogP contribution in [0.25, 0.3) is 10.8 Å².